The maximum absolute atomic E-state index is 11.6. The van der Waals surface area contributed by atoms with Crippen molar-refractivity contribution in [3.05, 3.63) is 69.7 Å². The van der Waals surface area contributed by atoms with Crippen molar-refractivity contribution in [2.75, 3.05) is 6.54 Å². The van der Waals surface area contributed by atoms with Crippen molar-refractivity contribution in [3.63, 3.8) is 0 Å². The van der Waals surface area contributed by atoms with E-state index in [-0.39, 0.29) is 13.2 Å². The van der Waals surface area contributed by atoms with Crippen molar-refractivity contribution >= 4 is 29.3 Å². The van der Waals surface area contributed by atoms with E-state index >= 15 is 0 Å². The highest BCUT2D eigenvalue weighted by molar-refractivity contribution is 6.42. The Kier molecular flexibility index (Phi) is 6.71. The number of ether oxygens (including phenoxy) is 1. The molecule has 0 saturated carbocycles. The van der Waals surface area contributed by atoms with Gasteiger partial charge in [0.25, 0.3) is 0 Å². The minimum absolute atomic E-state index is 0.210. The Bertz CT molecular complexity index is 650. The summed E-state index contributed by atoms with van der Waals surface area (Å²) in [7, 11) is 0. The zero-order chi connectivity index (χ0) is 16.7. The molecule has 122 valence electrons. The molecule has 0 aliphatic rings. The van der Waals surface area contributed by atoms with Crippen LogP contribution in [0.5, 0.6) is 0 Å². The summed E-state index contributed by atoms with van der Waals surface area (Å²) in [5.41, 5.74) is 1.57. The van der Waals surface area contributed by atoms with Crippen LogP contribution in [0, 0.1) is 0 Å². The summed E-state index contributed by atoms with van der Waals surface area (Å²) in [6.45, 7) is 0.497. The van der Waals surface area contributed by atoms with Crippen LogP contribution in [0.25, 0.3) is 0 Å². The van der Waals surface area contributed by atoms with Gasteiger partial charge in [0.15, 0.2) is 0 Å². The van der Waals surface area contributed by atoms with Crippen LogP contribution in [0.1, 0.15) is 23.7 Å². The van der Waals surface area contributed by atoms with Crippen LogP contribution in [0.2, 0.25) is 10.0 Å². The minimum atomic E-state index is -0.737. The number of carbonyl (C=O) groups excluding carboxylic acids is 1. The second kappa shape index (κ2) is 8.77. The molecule has 0 spiro atoms. The van der Waals surface area contributed by atoms with Crippen molar-refractivity contribution in [2.45, 2.75) is 19.1 Å². The molecule has 2 aromatic carbocycles. The smallest absolute Gasteiger partial charge is 0.407 e. The standard InChI is InChI=1S/C17H17Cl2NO3/c18-14-7-6-13(10-15(14)19)16(21)8-9-20-17(22)23-11-12-4-2-1-3-5-12/h1-7,10,16,21H,8-9,11H2,(H,20,22). The first kappa shape index (κ1) is 17.6. The molecule has 0 radical (unpaired) electrons. The van der Waals surface area contributed by atoms with Crippen LogP contribution in [-0.2, 0) is 11.3 Å². The van der Waals surface area contributed by atoms with Crippen LogP contribution >= 0.6 is 23.2 Å². The predicted molar refractivity (Wildman–Crippen MR) is 90.7 cm³/mol. The Balaban J connectivity index is 1.71. The Labute approximate surface area is 145 Å². The number of aliphatic hydroxyl groups is 1. The maximum Gasteiger partial charge on any atom is 0.407 e. The van der Waals surface area contributed by atoms with E-state index in [9.17, 15) is 9.90 Å². The highest BCUT2D eigenvalue weighted by Crippen LogP contribution is 2.26. The third kappa shape index (κ3) is 5.75. The fourth-order valence-electron chi connectivity index (χ4n) is 1.97. The molecule has 2 aromatic rings. The summed E-state index contributed by atoms with van der Waals surface area (Å²) in [4.78, 5) is 11.6. The lowest BCUT2D eigenvalue weighted by Gasteiger charge is -2.12. The van der Waals surface area contributed by atoms with E-state index in [1.165, 1.54) is 0 Å². The normalized spacial score (nSPS) is 11.8. The Morgan fingerprint density at radius 2 is 1.87 bits per heavy atom. The molecule has 0 aromatic heterocycles. The summed E-state index contributed by atoms with van der Waals surface area (Å²) >= 11 is 11.7. The number of alkyl carbamates (subject to hydrolysis) is 1. The molecule has 2 rings (SSSR count). The molecule has 0 aliphatic carbocycles. The first-order valence-electron chi connectivity index (χ1n) is 7.14. The average Bonchev–Trinajstić information content (AvgIpc) is 2.56. The topological polar surface area (TPSA) is 58.6 Å². The number of benzene rings is 2. The molecule has 6 heteroatoms. The van der Waals surface area contributed by atoms with E-state index in [0.29, 0.717) is 22.0 Å². The molecular formula is C17H17Cl2NO3. The minimum Gasteiger partial charge on any atom is -0.445 e. The molecule has 0 saturated heterocycles. The third-order valence-corrected chi connectivity index (χ3v) is 3.97. The number of hydrogen-bond acceptors (Lipinski definition) is 3. The van der Waals surface area contributed by atoms with Crippen molar-refractivity contribution < 1.29 is 14.6 Å². The molecule has 0 heterocycles. The number of aliphatic hydroxyl groups excluding tert-OH is 1. The third-order valence-electron chi connectivity index (χ3n) is 3.23. The molecule has 23 heavy (non-hydrogen) atoms. The molecule has 0 fully saturated rings. The van der Waals surface area contributed by atoms with Crippen LogP contribution < -0.4 is 5.32 Å². The van der Waals surface area contributed by atoms with Gasteiger partial charge in [0.05, 0.1) is 16.1 Å². The monoisotopic (exact) mass is 353 g/mol. The summed E-state index contributed by atoms with van der Waals surface area (Å²) in [5.74, 6) is 0. The molecule has 0 aliphatic heterocycles. The van der Waals surface area contributed by atoms with E-state index in [0.717, 1.165) is 5.56 Å². The van der Waals surface area contributed by atoms with E-state index in [4.69, 9.17) is 27.9 Å². The largest absolute Gasteiger partial charge is 0.445 e. The second-order valence-corrected chi connectivity index (χ2v) is 5.78. The lowest BCUT2D eigenvalue weighted by Crippen LogP contribution is -2.26. The molecular weight excluding hydrogens is 337 g/mol. The van der Waals surface area contributed by atoms with E-state index in [2.05, 4.69) is 5.32 Å². The summed E-state index contributed by atoms with van der Waals surface area (Å²) < 4.78 is 5.08. The first-order valence-corrected chi connectivity index (χ1v) is 7.89. The highest BCUT2D eigenvalue weighted by atomic mass is 35.5. The first-order chi connectivity index (χ1) is 11.1. The van der Waals surface area contributed by atoms with Gasteiger partial charge in [0.2, 0.25) is 0 Å². The SMILES string of the molecule is O=C(NCCC(O)c1ccc(Cl)c(Cl)c1)OCc1ccccc1. The number of hydrogen-bond donors (Lipinski definition) is 2. The van der Waals surface area contributed by atoms with E-state index < -0.39 is 12.2 Å². The fraction of sp³-hybridized carbons (Fsp3) is 0.235. The number of nitrogens with one attached hydrogen (secondary N) is 1. The lowest BCUT2D eigenvalue weighted by molar-refractivity contribution is 0.133. The van der Waals surface area contributed by atoms with Gasteiger partial charge in [0.1, 0.15) is 6.61 Å². The van der Waals surface area contributed by atoms with Crippen LogP contribution in [0.15, 0.2) is 48.5 Å². The van der Waals surface area contributed by atoms with E-state index in [1.807, 2.05) is 30.3 Å². The fourth-order valence-corrected chi connectivity index (χ4v) is 2.28. The van der Waals surface area contributed by atoms with Gasteiger partial charge in [0, 0.05) is 6.54 Å². The zero-order valence-corrected chi connectivity index (χ0v) is 13.8. The summed E-state index contributed by atoms with van der Waals surface area (Å²) in [5, 5.41) is 13.5. The summed E-state index contributed by atoms with van der Waals surface area (Å²) in [6.07, 6.45) is -0.910. The van der Waals surface area contributed by atoms with Crippen molar-refractivity contribution in [1.29, 1.82) is 0 Å². The Morgan fingerprint density at radius 1 is 1.13 bits per heavy atom. The lowest BCUT2D eigenvalue weighted by atomic mass is 10.1. The van der Waals surface area contributed by atoms with Gasteiger partial charge in [-0.1, -0.05) is 59.6 Å². The average molecular weight is 354 g/mol. The second-order valence-electron chi connectivity index (χ2n) is 4.97. The number of carbonyl (C=O) groups is 1. The molecule has 1 unspecified atom stereocenters. The summed E-state index contributed by atoms with van der Waals surface area (Å²) in [6, 6.07) is 14.4. The predicted octanol–water partition coefficient (Wildman–Crippen LogP) is 4.34. The van der Waals surface area contributed by atoms with Crippen molar-refractivity contribution in [1.82, 2.24) is 5.32 Å². The highest BCUT2D eigenvalue weighted by Gasteiger charge is 2.10. The van der Waals surface area contributed by atoms with Crippen LogP contribution in [0.4, 0.5) is 4.79 Å². The van der Waals surface area contributed by atoms with Gasteiger partial charge in [-0.25, -0.2) is 4.79 Å². The van der Waals surface area contributed by atoms with E-state index in [1.54, 1.807) is 18.2 Å². The van der Waals surface area contributed by atoms with Gasteiger partial charge in [-0.2, -0.15) is 0 Å². The molecule has 1 amide bonds. The molecule has 1 atom stereocenters. The Morgan fingerprint density at radius 3 is 2.57 bits per heavy atom. The molecule has 0 bridgehead atoms. The van der Waals surface area contributed by atoms with Crippen LogP contribution in [-0.4, -0.2) is 17.7 Å². The van der Waals surface area contributed by atoms with Gasteiger partial charge in [-0.3, -0.25) is 0 Å². The van der Waals surface area contributed by atoms with Gasteiger partial charge in [-0.05, 0) is 29.7 Å². The number of amides is 1. The molecule has 4 nitrogen and oxygen atoms in total. The van der Waals surface area contributed by atoms with Gasteiger partial charge < -0.3 is 15.2 Å². The van der Waals surface area contributed by atoms with Crippen molar-refractivity contribution in [3.8, 4) is 0 Å². The van der Waals surface area contributed by atoms with Crippen LogP contribution in [0.3, 0.4) is 0 Å². The quantitative estimate of drug-likeness (QED) is 0.811. The van der Waals surface area contributed by atoms with Crippen molar-refractivity contribution in [2.24, 2.45) is 0 Å². The Hall–Kier alpha value is -1.75. The number of rotatable bonds is 6. The number of halogens is 2. The molecule has 2 N–H and O–H groups in total. The van der Waals surface area contributed by atoms with Gasteiger partial charge in [-0.15, -0.1) is 0 Å². The maximum atomic E-state index is 11.6. The zero-order valence-electron chi connectivity index (χ0n) is 12.3. The van der Waals surface area contributed by atoms with Gasteiger partial charge >= 0.3 is 6.09 Å².